The zero-order valence-electron chi connectivity index (χ0n) is 15.7. The number of urea groups is 1. The van der Waals surface area contributed by atoms with Crippen LogP contribution in [0.2, 0.25) is 0 Å². The molecule has 7 nitrogen and oxygen atoms in total. The Kier molecular flexibility index (Phi) is 4.71. The van der Waals surface area contributed by atoms with Gasteiger partial charge in [0.25, 0.3) is 5.91 Å². The van der Waals surface area contributed by atoms with Crippen molar-refractivity contribution >= 4 is 17.6 Å². The number of carbonyl (C=O) groups is 2. The van der Waals surface area contributed by atoms with Gasteiger partial charge in [-0.1, -0.05) is 18.2 Å². The van der Waals surface area contributed by atoms with Crippen LogP contribution in [0.1, 0.15) is 42.5 Å². The van der Waals surface area contributed by atoms with E-state index in [1.165, 1.54) is 0 Å². The Morgan fingerprint density at radius 1 is 1.15 bits per heavy atom. The fourth-order valence-corrected chi connectivity index (χ4v) is 3.06. The molecule has 0 fully saturated rings. The van der Waals surface area contributed by atoms with Crippen LogP contribution >= 0.6 is 0 Å². The van der Waals surface area contributed by atoms with E-state index in [2.05, 4.69) is 15.7 Å². The Labute approximate surface area is 153 Å². The smallest absolute Gasteiger partial charge is 0.318 e. The molecule has 138 valence electrons. The molecule has 0 unspecified atom stereocenters. The number of para-hydroxylation sites is 1. The van der Waals surface area contributed by atoms with Gasteiger partial charge in [0.2, 0.25) is 0 Å². The van der Waals surface area contributed by atoms with Crippen molar-refractivity contribution in [1.29, 1.82) is 0 Å². The molecular formula is C19H25N5O2. The van der Waals surface area contributed by atoms with Gasteiger partial charge in [-0.15, -0.1) is 0 Å². The molecular weight excluding hydrogens is 330 g/mol. The van der Waals surface area contributed by atoms with Gasteiger partial charge in [-0.2, -0.15) is 5.10 Å². The Morgan fingerprint density at radius 2 is 1.85 bits per heavy atom. The highest BCUT2D eigenvalue weighted by molar-refractivity contribution is 6.04. The molecule has 2 N–H and O–H groups in total. The predicted molar refractivity (Wildman–Crippen MR) is 100 cm³/mol. The summed E-state index contributed by atoms with van der Waals surface area (Å²) in [6, 6.07) is 9.15. The van der Waals surface area contributed by atoms with E-state index in [4.69, 9.17) is 0 Å². The Hall–Kier alpha value is -2.83. The number of fused-ring (bicyclic) bond motifs is 1. The number of amides is 3. The van der Waals surface area contributed by atoms with E-state index in [0.29, 0.717) is 25.2 Å². The third kappa shape index (κ3) is 3.87. The second-order valence-corrected chi connectivity index (χ2v) is 7.57. The number of carbonyl (C=O) groups excluding carboxylic acids is 2. The van der Waals surface area contributed by atoms with Crippen molar-refractivity contribution < 1.29 is 9.59 Å². The fourth-order valence-electron chi connectivity index (χ4n) is 3.06. The standard InChI is InChI=1S/C19H25N5O2/c1-19(2,3)21-18(26)24-11-10-15-14(12-24)16(22-23(15)4)17(25)20-13-8-6-5-7-9-13/h5-9H,10-12H2,1-4H3,(H,20,25)(H,21,26). The average molecular weight is 355 g/mol. The molecule has 0 radical (unpaired) electrons. The van der Waals surface area contributed by atoms with Crippen molar-refractivity contribution in [2.45, 2.75) is 39.3 Å². The number of aromatic nitrogens is 2. The fraction of sp³-hybridized carbons (Fsp3) is 0.421. The van der Waals surface area contributed by atoms with Gasteiger partial charge in [0, 0.05) is 42.5 Å². The molecule has 0 spiro atoms. The summed E-state index contributed by atoms with van der Waals surface area (Å²) in [6.45, 7) is 6.83. The zero-order chi connectivity index (χ0) is 18.9. The van der Waals surface area contributed by atoms with Crippen molar-refractivity contribution in [1.82, 2.24) is 20.0 Å². The molecule has 3 amide bonds. The number of nitrogens with zero attached hydrogens (tertiary/aromatic N) is 3. The van der Waals surface area contributed by atoms with Crippen LogP contribution in [0.3, 0.4) is 0 Å². The van der Waals surface area contributed by atoms with Gasteiger partial charge in [0.1, 0.15) is 0 Å². The molecule has 0 bridgehead atoms. The first-order valence-electron chi connectivity index (χ1n) is 8.73. The van der Waals surface area contributed by atoms with E-state index in [9.17, 15) is 9.59 Å². The zero-order valence-corrected chi connectivity index (χ0v) is 15.7. The minimum Gasteiger partial charge on any atom is -0.333 e. The summed E-state index contributed by atoms with van der Waals surface area (Å²) in [4.78, 5) is 26.9. The van der Waals surface area contributed by atoms with Crippen LogP contribution in [0.15, 0.2) is 30.3 Å². The average Bonchev–Trinajstić information content (AvgIpc) is 2.91. The second-order valence-electron chi connectivity index (χ2n) is 7.57. The van der Waals surface area contributed by atoms with Gasteiger partial charge in [0.15, 0.2) is 5.69 Å². The largest absolute Gasteiger partial charge is 0.333 e. The molecule has 0 atom stereocenters. The maximum atomic E-state index is 12.7. The molecule has 1 aromatic carbocycles. The van der Waals surface area contributed by atoms with Gasteiger partial charge in [-0.3, -0.25) is 9.48 Å². The summed E-state index contributed by atoms with van der Waals surface area (Å²) in [7, 11) is 1.84. The Bertz CT molecular complexity index is 820. The van der Waals surface area contributed by atoms with E-state index < -0.39 is 0 Å². The molecule has 0 saturated heterocycles. The van der Waals surface area contributed by atoms with Crippen molar-refractivity contribution in [3.05, 3.63) is 47.3 Å². The number of anilines is 1. The summed E-state index contributed by atoms with van der Waals surface area (Å²) < 4.78 is 1.74. The van der Waals surface area contributed by atoms with Crippen molar-refractivity contribution in [3.63, 3.8) is 0 Å². The number of benzene rings is 1. The van der Waals surface area contributed by atoms with Crippen LogP contribution in [0, 0.1) is 0 Å². The van der Waals surface area contributed by atoms with Crippen LogP contribution in [-0.2, 0) is 20.0 Å². The Morgan fingerprint density at radius 3 is 2.50 bits per heavy atom. The Balaban J connectivity index is 1.81. The molecule has 2 aromatic rings. The van der Waals surface area contributed by atoms with Gasteiger partial charge >= 0.3 is 6.03 Å². The summed E-state index contributed by atoms with van der Waals surface area (Å²) in [5, 5.41) is 10.2. The lowest BCUT2D eigenvalue weighted by Gasteiger charge is -2.31. The van der Waals surface area contributed by atoms with Gasteiger partial charge in [0.05, 0.1) is 6.54 Å². The topological polar surface area (TPSA) is 79.3 Å². The minimum absolute atomic E-state index is 0.124. The first-order chi connectivity index (χ1) is 12.2. The first-order valence-corrected chi connectivity index (χ1v) is 8.73. The third-order valence-corrected chi connectivity index (χ3v) is 4.26. The predicted octanol–water partition coefficient (Wildman–Crippen LogP) is 2.54. The van der Waals surface area contributed by atoms with Crippen LogP contribution in [-0.4, -0.2) is 38.7 Å². The lowest BCUT2D eigenvalue weighted by atomic mass is 10.0. The van der Waals surface area contributed by atoms with Crippen LogP contribution in [0.4, 0.5) is 10.5 Å². The molecule has 1 aliphatic heterocycles. The highest BCUT2D eigenvalue weighted by Crippen LogP contribution is 2.23. The summed E-state index contributed by atoms with van der Waals surface area (Å²) >= 11 is 0. The SMILES string of the molecule is Cn1nc(C(=O)Nc2ccccc2)c2c1CCN(C(=O)NC(C)(C)C)C2. The number of hydrogen-bond acceptors (Lipinski definition) is 3. The first kappa shape index (κ1) is 18.0. The van der Waals surface area contributed by atoms with E-state index in [-0.39, 0.29) is 17.5 Å². The molecule has 0 saturated carbocycles. The van der Waals surface area contributed by atoms with Crippen molar-refractivity contribution in [3.8, 4) is 0 Å². The van der Waals surface area contributed by atoms with Gasteiger partial charge < -0.3 is 15.5 Å². The van der Waals surface area contributed by atoms with E-state index in [1.54, 1.807) is 9.58 Å². The van der Waals surface area contributed by atoms with Crippen molar-refractivity contribution in [2.24, 2.45) is 7.05 Å². The molecule has 2 heterocycles. The van der Waals surface area contributed by atoms with E-state index in [1.807, 2.05) is 58.2 Å². The van der Waals surface area contributed by atoms with Gasteiger partial charge in [-0.25, -0.2) is 4.79 Å². The summed E-state index contributed by atoms with van der Waals surface area (Å²) in [5.74, 6) is -0.258. The summed E-state index contributed by atoms with van der Waals surface area (Å²) in [6.07, 6.45) is 0.676. The monoisotopic (exact) mass is 355 g/mol. The highest BCUT2D eigenvalue weighted by Gasteiger charge is 2.30. The molecule has 26 heavy (non-hydrogen) atoms. The normalized spacial score (nSPS) is 13.9. The summed E-state index contributed by atoms with van der Waals surface area (Å²) in [5.41, 5.74) is 2.61. The van der Waals surface area contributed by atoms with Crippen molar-refractivity contribution in [2.75, 3.05) is 11.9 Å². The number of rotatable bonds is 2. The highest BCUT2D eigenvalue weighted by atomic mass is 16.2. The maximum absolute atomic E-state index is 12.7. The van der Waals surface area contributed by atoms with Gasteiger partial charge in [-0.05, 0) is 32.9 Å². The van der Waals surface area contributed by atoms with Crippen LogP contribution < -0.4 is 10.6 Å². The molecule has 7 heteroatoms. The third-order valence-electron chi connectivity index (χ3n) is 4.26. The van der Waals surface area contributed by atoms with E-state index >= 15 is 0 Å². The minimum atomic E-state index is -0.306. The maximum Gasteiger partial charge on any atom is 0.318 e. The lowest BCUT2D eigenvalue weighted by Crippen LogP contribution is -2.50. The molecule has 1 aliphatic rings. The second kappa shape index (κ2) is 6.82. The van der Waals surface area contributed by atoms with E-state index in [0.717, 1.165) is 16.9 Å². The lowest BCUT2D eigenvalue weighted by molar-refractivity contribution is 0.101. The van der Waals surface area contributed by atoms with Crippen LogP contribution in [0.5, 0.6) is 0 Å². The number of nitrogens with one attached hydrogen (secondary N) is 2. The molecule has 1 aromatic heterocycles. The quantitative estimate of drug-likeness (QED) is 0.869. The number of hydrogen-bond donors (Lipinski definition) is 2. The molecule has 0 aliphatic carbocycles. The molecule has 3 rings (SSSR count). The van der Waals surface area contributed by atoms with Crippen LogP contribution in [0.25, 0.3) is 0 Å². The number of aryl methyl sites for hydroxylation is 1.